The number of carboxylic acid groups (broad SMARTS) is 1. The van der Waals surface area contributed by atoms with Gasteiger partial charge in [-0.15, -0.1) is 0 Å². The summed E-state index contributed by atoms with van der Waals surface area (Å²) in [6, 6.07) is 15.1. The predicted octanol–water partition coefficient (Wildman–Crippen LogP) is 2.73. The van der Waals surface area contributed by atoms with E-state index in [-0.39, 0.29) is 6.54 Å². The smallest absolute Gasteiger partial charge is 0.323 e. The molecule has 3 aromatic rings. The van der Waals surface area contributed by atoms with Crippen molar-refractivity contribution in [2.75, 3.05) is 27.2 Å². The van der Waals surface area contributed by atoms with Crippen LogP contribution in [0.1, 0.15) is 0 Å². The lowest BCUT2D eigenvalue weighted by molar-refractivity contribution is -0.137. The minimum Gasteiger partial charge on any atom is -0.491 e. The molecule has 0 aliphatic heterocycles. The van der Waals surface area contributed by atoms with Crippen LogP contribution < -0.4 is 4.74 Å². The van der Waals surface area contributed by atoms with Gasteiger partial charge in [-0.1, -0.05) is 24.3 Å². The van der Waals surface area contributed by atoms with E-state index in [0.29, 0.717) is 18.2 Å². The maximum atomic E-state index is 11.3. The number of aromatic nitrogens is 2. The Hall–Kier alpha value is -2.86. The van der Waals surface area contributed by atoms with E-state index in [2.05, 4.69) is 4.98 Å². The van der Waals surface area contributed by atoms with Gasteiger partial charge in [-0.2, -0.15) is 0 Å². The highest BCUT2D eigenvalue weighted by Gasteiger charge is 2.17. The number of carbonyl (C=O) groups is 1. The summed E-state index contributed by atoms with van der Waals surface area (Å²) in [4.78, 5) is 18.0. The number of hydrogen-bond acceptors (Lipinski definition) is 4. The number of rotatable bonds is 7. The van der Waals surface area contributed by atoms with Crippen LogP contribution in [0.2, 0.25) is 0 Å². The summed E-state index contributed by atoms with van der Waals surface area (Å²) in [5, 5.41) is 9.30. The Bertz CT molecular complexity index is 887. The van der Waals surface area contributed by atoms with E-state index < -0.39 is 5.97 Å². The molecule has 0 spiro atoms. The fourth-order valence-electron chi connectivity index (χ4n) is 2.69. The first-order chi connectivity index (χ1) is 12.1. The van der Waals surface area contributed by atoms with Gasteiger partial charge in [0.2, 0.25) is 0 Å². The normalized spacial score (nSPS) is 11.2. The highest BCUT2D eigenvalue weighted by Crippen LogP contribution is 2.31. The van der Waals surface area contributed by atoms with Gasteiger partial charge in [0.05, 0.1) is 16.6 Å². The molecule has 1 N–H and O–H groups in total. The molecule has 1 aromatic heterocycles. The van der Waals surface area contributed by atoms with Crippen LogP contribution in [0, 0.1) is 0 Å². The average molecular weight is 339 g/mol. The van der Waals surface area contributed by atoms with Crippen LogP contribution in [0.25, 0.3) is 22.4 Å². The lowest BCUT2D eigenvalue weighted by Crippen LogP contribution is -2.19. The fraction of sp³-hybridized carbons (Fsp3) is 0.263. The van der Waals surface area contributed by atoms with Crippen molar-refractivity contribution in [2.24, 2.45) is 0 Å². The van der Waals surface area contributed by atoms with Gasteiger partial charge in [-0.25, -0.2) is 4.98 Å². The molecular weight excluding hydrogens is 318 g/mol. The molecule has 0 aliphatic rings. The number of benzene rings is 2. The van der Waals surface area contributed by atoms with Crippen LogP contribution in [-0.2, 0) is 11.3 Å². The highest BCUT2D eigenvalue weighted by atomic mass is 16.5. The molecule has 1 heterocycles. The molecule has 0 bridgehead atoms. The summed E-state index contributed by atoms with van der Waals surface area (Å²) in [5.41, 5.74) is 2.35. The Kier molecular flexibility index (Phi) is 5.00. The summed E-state index contributed by atoms with van der Waals surface area (Å²) in [5.74, 6) is 0.394. The maximum Gasteiger partial charge on any atom is 0.323 e. The van der Waals surface area contributed by atoms with Crippen molar-refractivity contribution in [3.05, 3.63) is 48.5 Å². The SMILES string of the molecule is CN(C)CCOc1ccccc1-c1nc2ccccc2n1CC(=O)O. The van der Waals surface area contributed by atoms with Gasteiger partial charge in [-0.05, 0) is 38.4 Å². The molecule has 0 aliphatic carbocycles. The summed E-state index contributed by atoms with van der Waals surface area (Å²) >= 11 is 0. The molecule has 0 saturated heterocycles. The molecule has 0 amide bonds. The van der Waals surface area contributed by atoms with Gasteiger partial charge < -0.3 is 19.3 Å². The van der Waals surface area contributed by atoms with Crippen molar-refractivity contribution in [3.8, 4) is 17.1 Å². The van der Waals surface area contributed by atoms with Gasteiger partial charge in [-0.3, -0.25) is 4.79 Å². The van der Waals surface area contributed by atoms with Gasteiger partial charge in [0.1, 0.15) is 24.7 Å². The summed E-state index contributed by atoms with van der Waals surface area (Å²) < 4.78 is 7.63. The van der Waals surface area contributed by atoms with E-state index >= 15 is 0 Å². The number of hydrogen-bond donors (Lipinski definition) is 1. The molecule has 6 nitrogen and oxygen atoms in total. The number of imidazole rings is 1. The minimum absolute atomic E-state index is 0.151. The first-order valence-electron chi connectivity index (χ1n) is 8.10. The van der Waals surface area contributed by atoms with Crippen LogP contribution in [0.15, 0.2) is 48.5 Å². The van der Waals surface area contributed by atoms with Gasteiger partial charge in [0, 0.05) is 6.54 Å². The number of ether oxygens (including phenoxy) is 1. The van der Waals surface area contributed by atoms with Crippen LogP contribution in [0.3, 0.4) is 0 Å². The van der Waals surface area contributed by atoms with E-state index in [1.54, 1.807) is 4.57 Å². The molecule has 2 aromatic carbocycles. The van der Waals surface area contributed by atoms with Crippen molar-refractivity contribution in [3.63, 3.8) is 0 Å². The molecule has 0 atom stereocenters. The van der Waals surface area contributed by atoms with E-state index in [0.717, 1.165) is 23.1 Å². The van der Waals surface area contributed by atoms with Crippen molar-refractivity contribution in [2.45, 2.75) is 6.54 Å². The second-order valence-electron chi connectivity index (χ2n) is 6.05. The molecule has 0 radical (unpaired) electrons. The van der Waals surface area contributed by atoms with Crippen LogP contribution in [-0.4, -0.2) is 52.8 Å². The topological polar surface area (TPSA) is 67.6 Å². The molecule has 130 valence electrons. The van der Waals surface area contributed by atoms with Crippen LogP contribution in [0.4, 0.5) is 0 Å². The number of aliphatic carboxylic acids is 1. The largest absolute Gasteiger partial charge is 0.491 e. The number of likely N-dealkylation sites (N-methyl/N-ethyl adjacent to an activating group) is 1. The third-order valence-electron chi connectivity index (χ3n) is 3.87. The molecule has 6 heteroatoms. The van der Waals surface area contributed by atoms with E-state index in [1.165, 1.54) is 0 Å². The first kappa shape index (κ1) is 17.0. The van der Waals surface area contributed by atoms with Crippen LogP contribution in [0.5, 0.6) is 5.75 Å². The summed E-state index contributed by atoms with van der Waals surface area (Å²) in [6.45, 7) is 1.19. The number of para-hydroxylation sites is 3. The second kappa shape index (κ2) is 7.36. The lowest BCUT2D eigenvalue weighted by Gasteiger charge is -2.14. The Morgan fingerprint density at radius 1 is 1.16 bits per heavy atom. The Morgan fingerprint density at radius 2 is 1.88 bits per heavy atom. The van der Waals surface area contributed by atoms with Crippen molar-refractivity contribution < 1.29 is 14.6 Å². The zero-order valence-electron chi connectivity index (χ0n) is 14.3. The maximum absolute atomic E-state index is 11.3. The van der Waals surface area contributed by atoms with E-state index in [9.17, 15) is 9.90 Å². The zero-order chi connectivity index (χ0) is 17.8. The molecule has 3 rings (SSSR count). The number of nitrogens with zero attached hydrogens (tertiary/aromatic N) is 3. The average Bonchev–Trinajstić information content (AvgIpc) is 2.93. The minimum atomic E-state index is -0.907. The summed E-state index contributed by atoms with van der Waals surface area (Å²) in [7, 11) is 3.98. The fourth-order valence-corrected chi connectivity index (χ4v) is 2.69. The standard InChI is InChI=1S/C19H21N3O3/c1-21(2)11-12-25-17-10-6-3-7-14(17)19-20-15-8-4-5-9-16(15)22(19)13-18(23)24/h3-10H,11-13H2,1-2H3,(H,23,24). The van der Waals surface area contributed by atoms with E-state index in [4.69, 9.17) is 4.74 Å². The summed E-state index contributed by atoms with van der Waals surface area (Å²) in [6.07, 6.45) is 0. The monoisotopic (exact) mass is 339 g/mol. The number of carboxylic acids is 1. The third-order valence-corrected chi connectivity index (χ3v) is 3.87. The first-order valence-corrected chi connectivity index (χ1v) is 8.10. The second-order valence-corrected chi connectivity index (χ2v) is 6.05. The van der Waals surface area contributed by atoms with Gasteiger partial charge in [0.15, 0.2) is 0 Å². The quantitative estimate of drug-likeness (QED) is 0.717. The lowest BCUT2D eigenvalue weighted by atomic mass is 10.2. The Morgan fingerprint density at radius 3 is 2.64 bits per heavy atom. The highest BCUT2D eigenvalue weighted by molar-refractivity contribution is 5.83. The van der Waals surface area contributed by atoms with Gasteiger partial charge in [0.25, 0.3) is 0 Å². The molecule has 0 fully saturated rings. The number of fused-ring (bicyclic) bond motifs is 1. The molecular formula is C19H21N3O3. The molecule has 25 heavy (non-hydrogen) atoms. The van der Waals surface area contributed by atoms with Crippen molar-refractivity contribution >= 4 is 17.0 Å². The molecule has 0 unspecified atom stereocenters. The van der Waals surface area contributed by atoms with Gasteiger partial charge >= 0.3 is 5.97 Å². The van der Waals surface area contributed by atoms with Crippen molar-refractivity contribution in [1.82, 2.24) is 14.5 Å². The van der Waals surface area contributed by atoms with E-state index in [1.807, 2.05) is 67.5 Å². The van der Waals surface area contributed by atoms with Crippen molar-refractivity contribution in [1.29, 1.82) is 0 Å². The third kappa shape index (κ3) is 3.80. The Labute approximate surface area is 146 Å². The molecule has 0 saturated carbocycles. The van der Waals surface area contributed by atoms with Crippen LogP contribution >= 0.6 is 0 Å². The Balaban J connectivity index is 2.05. The zero-order valence-corrected chi connectivity index (χ0v) is 14.3. The predicted molar refractivity (Wildman–Crippen MR) is 96.9 cm³/mol.